The van der Waals surface area contributed by atoms with Crippen LogP contribution in [0, 0.1) is 16.7 Å². The lowest BCUT2D eigenvalue weighted by Gasteiger charge is -2.39. The monoisotopic (exact) mass is 342 g/mol. The van der Waals surface area contributed by atoms with Gasteiger partial charge in [-0.25, -0.2) is 0 Å². The molecule has 0 amide bonds. The van der Waals surface area contributed by atoms with Crippen LogP contribution in [0.5, 0.6) is 0 Å². The molecule has 0 bridgehead atoms. The van der Waals surface area contributed by atoms with Crippen LogP contribution >= 0.6 is 0 Å². The Bertz CT molecular complexity index is 395. The summed E-state index contributed by atoms with van der Waals surface area (Å²) in [5, 5.41) is 9.82. The van der Waals surface area contributed by atoms with Gasteiger partial charge < -0.3 is 9.84 Å². The Morgan fingerprint density at radius 2 is 1.58 bits per heavy atom. The van der Waals surface area contributed by atoms with Crippen molar-refractivity contribution < 1.29 is 19.4 Å². The molecular weight excluding hydrogens is 304 g/mol. The van der Waals surface area contributed by atoms with Gasteiger partial charge in [-0.3, -0.25) is 9.59 Å². The number of rotatable bonds is 11. The number of carboxylic acids is 1. The average Bonchev–Trinajstić information content (AvgIpc) is 2.45. The van der Waals surface area contributed by atoms with Crippen LogP contribution in [-0.2, 0) is 14.3 Å². The first-order valence-corrected chi connectivity index (χ1v) is 9.47. The molecule has 4 nitrogen and oxygen atoms in total. The molecule has 0 aromatic heterocycles. The number of carbonyl (C=O) groups is 2. The van der Waals surface area contributed by atoms with Crippen molar-refractivity contribution in [3.05, 3.63) is 0 Å². The zero-order valence-corrected chi connectivity index (χ0v) is 16.8. The predicted octanol–water partition coefficient (Wildman–Crippen LogP) is 5.44. The third-order valence-corrected chi connectivity index (χ3v) is 4.91. The van der Waals surface area contributed by atoms with Crippen LogP contribution in [0.1, 0.15) is 93.4 Å². The Labute approximate surface area is 148 Å². The second-order valence-corrected chi connectivity index (χ2v) is 8.32. The molecule has 0 saturated carbocycles. The Balaban J connectivity index is 5.05. The van der Waals surface area contributed by atoms with E-state index in [1.165, 1.54) is 6.42 Å². The second kappa shape index (κ2) is 10.0. The minimum absolute atomic E-state index is 0.192. The van der Waals surface area contributed by atoms with E-state index in [1.807, 2.05) is 34.6 Å². The fourth-order valence-electron chi connectivity index (χ4n) is 3.20. The lowest BCUT2D eigenvalue weighted by Crippen LogP contribution is -2.51. The predicted molar refractivity (Wildman–Crippen MR) is 97.9 cm³/mol. The first-order chi connectivity index (χ1) is 11.0. The van der Waals surface area contributed by atoms with Crippen LogP contribution in [0.3, 0.4) is 0 Å². The Hall–Kier alpha value is -1.06. The molecule has 0 rings (SSSR count). The minimum Gasteiger partial charge on any atom is -0.480 e. The maximum atomic E-state index is 12.9. The molecule has 0 heterocycles. The summed E-state index contributed by atoms with van der Waals surface area (Å²) in [5.74, 6) is -0.964. The highest BCUT2D eigenvalue weighted by Crippen LogP contribution is 2.44. The summed E-state index contributed by atoms with van der Waals surface area (Å²) >= 11 is 0. The van der Waals surface area contributed by atoms with Gasteiger partial charge in [-0.15, -0.1) is 0 Å². The third-order valence-electron chi connectivity index (χ3n) is 4.91. The number of ether oxygens (including phenoxy) is 1. The largest absolute Gasteiger partial charge is 0.480 e. The van der Waals surface area contributed by atoms with Crippen molar-refractivity contribution in [2.75, 3.05) is 0 Å². The summed E-state index contributed by atoms with van der Waals surface area (Å²) in [7, 11) is 0. The Morgan fingerprint density at radius 1 is 1.04 bits per heavy atom. The molecule has 24 heavy (non-hydrogen) atoms. The zero-order valence-electron chi connectivity index (χ0n) is 16.8. The summed E-state index contributed by atoms with van der Waals surface area (Å²) in [6.07, 6.45) is 5.56. The third kappa shape index (κ3) is 6.10. The maximum absolute atomic E-state index is 12.9. The summed E-state index contributed by atoms with van der Waals surface area (Å²) in [6.45, 7) is 13.7. The normalized spacial score (nSPS) is 15.8. The van der Waals surface area contributed by atoms with Crippen molar-refractivity contribution in [3.63, 3.8) is 0 Å². The van der Waals surface area contributed by atoms with Crippen molar-refractivity contribution in [1.29, 1.82) is 0 Å². The van der Waals surface area contributed by atoms with E-state index in [0.717, 1.165) is 25.7 Å². The number of hydrogen-bond acceptors (Lipinski definition) is 3. The van der Waals surface area contributed by atoms with Gasteiger partial charge in [0.2, 0.25) is 0 Å². The van der Waals surface area contributed by atoms with Gasteiger partial charge in [0, 0.05) is 0 Å². The molecule has 0 aliphatic carbocycles. The minimum atomic E-state index is -1.48. The quantitative estimate of drug-likeness (QED) is 0.308. The Morgan fingerprint density at radius 3 is 1.96 bits per heavy atom. The molecule has 0 radical (unpaired) electrons. The molecule has 0 aliphatic rings. The van der Waals surface area contributed by atoms with Crippen molar-refractivity contribution in [2.45, 2.75) is 99.5 Å². The number of esters is 1. The molecule has 2 unspecified atom stereocenters. The molecule has 0 aromatic rings. The van der Waals surface area contributed by atoms with Crippen molar-refractivity contribution >= 4 is 11.9 Å². The van der Waals surface area contributed by atoms with Crippen molar-refractivity contribution in [3.8, 4) is 0 Å². The standard InChI is InChI=1S/C20H38O4/c1-8-14-20(17(21)22,19(5,6)7)18(23)24-16(9-2)13-11-10-12-15(3)4/h15-16H,8-14H2,1-7H3,(H,21,22). The van der Waals surface area contributed by atoms with Crippen molar-refractivity contribution in [1.82, 2.24) is 0 Å². The maximum Gasteiger partial charge on any atom is 0.324 e. The van der Waals surface area contributed by atoms with E-state index in [2.05, 4.69) is 13.8 Å². The molecular formula is C20H38O4. The lowest BCUT2D eigenvalue weighted by molar-refractivity contribution is -0.183. The van der Waals surface area contributed by atoms with E-state index >= 15 is 0 Å². The number of carbonyl (C=O) groups excluding carboxylic acids is 1. The van der Waals surface area contributed by atoms with Crippen LogP contribution in [-0.4, -0.2) is 23.1 Å². The van der Waals surface area contributed by atoms with Gasteiger partial charge in [0.05, 0.1) is 0 Å². The molecule has 142 valence electrons. The van der Waals surface area contributed by atoms with Crippen LogP contribution in [0.15, 0.2) is 0 Å². The number of unbranched alkanes of at least 4 members (excludes halogenated alkanes) is 1. The molecule has 1 N–H and O–H groups in total. The van der Waals surface area contributed by atoms with E-state index in [-0.39, 0.29) is 6.10 Å². The van der Waals surface area contributed by atoms with E-state index in [1.54, 1.807) is 0 Å². The smallest absolute Gasteiger partial charge is 0.324 e. The first-order valence-electron chi connectivity index (χ1n) is 9.47. The molecule has 0 aliphatic heterocycles. The van der Waals surface area contributed by atoms with Crippen LogP contribution in [0.25, 0.3) is 0 Å². The molecule has 2 atom stereocenters. The topological polar surface area (TPSA) is 63.6 Å². The van der Waals surface area contributed by atoms with Gasteiger partial charge in [0.1, 0.15) is 6.10 Å². The van der Waals surface area contributed by atoms with Gasteiger partial charge in [0.25, 0.3) is 0 Å². The van der Waals surface area contributed by atoms with E-state index in [9.17, 15) is 14.7 Å². The summed E-state index contributed by atoms with van der Waals surface area (Å²) in [4.78, 5) is 24.9. The molecule has 0 aromatic carbocycles. The highest BCUT2D eigenvalue weighted by atomic mass is 16.5. The number of carboxylic acid groups (broad SMARTS) is 1. The molecule has 4 heteroatoms. The van der Waals surface area contributed by atoms with E-state index in [4.69, 9.17) is 4.74 Å². The van der Waals surface area contributed by atoms with Gasteiger partial charge >= 0.3 is 11.9 Å². The van der Waals surface area contributed by atoms with Gasteiger partial charge in [-0.2, -0.15) is 0 Å². The second-order valence-electron chi connectivity index (χ2n) is 8.32. The van der Waals surface area contributed by atoms with Gasteiger partial charge in [0.15, 0.2) is 5.41 Å². The van der Waals surface area contributed by atoms with E-state index in [0.29, 0.717) is 18.8 Å². The van der Waals surface area contributed by atoms with Crippen LogP contribution < -0.4 is 0 Å². The Kier molecular flexibility index (Phi) is 9.61. The summed E-state index contributed by atoms with van der Waals surface area (Å²) in [5.41, 5.74) is -2.17. The summed E-state index contributed by atoms with van der Waals surface area (Å²) in [6, 6.07) is 0. The molecule has 0 saturated heterocycles. The SMILES string of the molecule is CCCC(C(=O)O)(C(=O)OC(CC)CCCCC(C)C)C(C)(C)C. The number of hydrogen-bond donors (Lipinski definition) is 1. The lowest BCUT2D eigenvalue weighted by atomic mass is 9.64. The number of aliphatic carboxylic acids is 1. The molecule has 0 fully saturated rings. The highest BCUT2D eigenvalue weighted by Gasteiger charge is 2.56. The van der Waals surface area contributed by atoms with Gasteiger partial charge in [-0.05, 0) is 37.0 Å². The highest BCUT2D eigenvalue weighted by molar-refractivity contribution is 6.00. The van der Waals surface area contributed by atoms with Crippen LogP contribution in [0.4, 0.5) is 0 Å². The fraction of sp³-hybridized carbons (Fsp3) is 0.900. The van der Waals surface area contributed by atoms with Crippen LogP contribution in [0.2, 0.25) is 0 Å². The first kappa shape index (κ1) is 22.9. The average molecular weight is 343 g/mol. The summed E-state index contributed by atoms with van der Waals surface area (Å²) < 4.78 is 5.69. The fourth-order valence-corrected chi connectivity index (χ4v) is 3.20. The molecule has 0 spiro atoms. The van der Waals surface area contributed by atoms with Crippen molar-refractivity contribution in [2.24, 2.45) is 16.7 Å². The van der Waals surface area contributed by atoms with Gasteiger partial charge in [-0.1, -0.05) is 67.7 Å². The van der Waals surface area contributed by atoms with E-state index < -0.39 is 22.8 Å². The zero-order chi connectivity index (χ0) is 19.0.